The van der Waals surface area contributed by atoms with Crippen molar-refractivity contribution in [2.24, 2.45) is 0 Å². The number of methoxy groups -OCH3 is 1. The number of carbonyl (C=O) groups is 1. The molecule has 0 atom stereocenters. The molecule has 7 nitrogen and oxygen atoms in total. The molecule has 4 rings (SSSR count). The maximum absolute atomic E-state index is 13.2. The minimum absolute atomic E-state index is 0.0238. The van der Waals surface area contributed by atoms with E-state index in [1.54, 1.807) is 19.5 Å². The van der Waals surface area contributed by atoms with E-state index in [-0.39, 0.29) is 11.7 Å². The van der Waals surface area contributed by atoms with E-state index in [0.29, 0.717) is 30.7 Å². The Hall–Kier alpha value is -3.49. The number of aromatic nitrogens is 4. The van der Waals surface area contributed by atoms with Crippen LogP contribution in [0.25, 0.3) is 17.1 Å². The van der Waals surface area contributed by atoms with Crippen molar-refractivity contribution in [1.29, 1.82) is 0 Å². The SMILES string of the molecule is COCCN(Cc1ccccc1)C(=O)CSc1nnc(-c2ccncc2)n1-c1ccccc1C. The molecule has 0 radical (unpaired) electrons. The van der Waals surface area contributed by atoms with Crippen LogP contribution in [0.2, 0.25) is 0 Å². The molecule has 0 fully saturated rings. The number of aryl methyl sites for hydroxylation is 1. The lowest BCUT2D eigenvalue weighted by molar-refractivity contribution is -0.129. The molecule has 1 amide bonds. The maximum Gasteiger partial charge on any atom is 0.233 e. The first kappa shape index (κ1) is 23.7. The Balaban J connectivity index is 1.59. The fourth-order valence-electron chi connectivity index (χ4n) is 3.60. The monoisotopic (exact) mass is 473 g/mol. The van der Waals surface area contributed by atoms with Crippen LogP contribution in [0.3, 0.4) is 0 Å². The molecule has 0 bridgehead atoms. The number of para-hydroxylation sites is 1. The Bertz CT molecular complexity index is 1210. The number of benzene rings is 2. The summed E-state index contributed by atoms with van der Waals surface area (Å²) < 4.78 is 7.25. The number of ether oxygens (including phenoxy) is 1. The van der Waals surface area contributed by atoms with Crippen molar-refractivity contribution in [2.75, 3.05) is 26.0 Å². The van der Waals surface area contributed by atoms with Gasteiger partial charge in [-0.1, -0.05) is 60.3 Å². The van der Waals surface area contributed by atoms with E-state index in [4.69, 9.17) is 4.74 Å². The van der Waals surface area contributed by atoms with Crippen LogP contribution in [-0.2, 0) is 16.1 Å². The molecule has 2 aromatic heterocycles. The summed E-state index contributed by atoms with van der Waals surface area (Å²) in [5.41, 5.74) is 4.07. The topological polar surface area (TPSA) is 73.1 Å². The number of carbonyl (C=O) groups excluding carboxylic acids is 1. The number of amides is 1. The van der Waals surface area contributed by atoms with E-state index < -0.39 is 0 Å². The molecule has 0 aliphatic heterocycles. The van der Waals surface area contributed by atoms with Crippen LogP contribution in [0.4, 0.5) is 0 Å². The van der Waals surface area contributed by atoms with Crippen LogP contribution in [0.1, 0.15) is 11.1 Å². The van der Waals surface area contributed by atoms with Gasteiger partial charge in [-0.25, -0.2) is 0 Å². The third-order valence-electron chi connectivity index (χ3n) is 5.39. The lowest BCUT2D eigenvalue weighted by atomic mass is 10.2. The van der Waals surface area contributed by atoms with E-state index in [9.17, 15) is 4.79 Å². The van der Waals surface area contributed by atoms with Crippen molar-refractivity contribution in [3.63, 3.8) is 0 Å². The highest BCUT2D eigenvalue weighted by atomic mass is 32.2. The standard InChI is InChI=1S/C26H27N5O2S/c1-20-8-6-7-11-23(20)31-25(22-12-14-27-15-13-22)28-29-26(31)34-19-24(32)30(16-17-33-2)18-21-9-4-3-5-10-21/h3-15H,16-19H2,1-2H3. The second-order valence-electron chi connectivity index (χ2n) is 7.75. The molecule has 0 saturated heterocycles. The van der Waals surface area contributed by atoms with Gasteiger partial charge in [0.25, 0.3) is 0 Å². The van der Waals surface area contributed by atoms with Crippen molar-refractivity contribution in [3.05, 3.63) is 90.3 Å². The van der Waals surface area contributed by atoms with E-state index in [2.05, 4.69) is 28.2 Å². The summed E-state index contributed by atoms with van der Waals surface area (Å²) in [5.74, 6) is 0.986. The van der Waals surface area contributed by atoms with Gasteiger partial charge in [-0.3, -0.25) is 14.3 Å². The highest BCUT2D eigenvalue weighted by molar-refractivity contribution is 7.99. The van der Waals surface area contributed by atoms with Crippen LogP contribution in [0.15, 0.2) is 84.3 Å². The molecule has 2 aromatic carbocycles. The highest BCUT2D eigenvalue weighted by Crippen LogP contribution is 2.29. The van der Waals surface area contributed by atoms with Gasteiger partial charge in [-0.2, -0.15) is 0 Å². The molecule has 0 saturated carbocycles. The molecule has 0 aliphatic rings. The summed E-state index contributed by atoms with van der Waals surface area (Å²) in [7, 11) is 1.64. The predicted molar refractivity (Wildman–Crippen MR) is 134 cm³/mol. The average molecular weight is 474 g/mol. The van der Waals surface area contributed by atoms with Gasteiger partial charge in [-0.15, -0.1) is 10.2 Å². The van der Waals surface area contributed by atoms with Crippen molar-refractivity contribution in [1.82, 2.24) is 24.6 Å². The summed E-state index contributed by atoms with van der Waals surface area (Å²) in [6.45, 7) is 3.60. The molecule has 2 heterocycles. The van der Waals surface area contributed by atoms with Crippen LogP contribution >= 0.6 is 11.8 Å². The first-order valence-electron chi connectivity index (χ1n) is 11.0. The van der Waals surface area contributed by atoms with Crippen LogP contribution < -0.4 is 0 Å². The van der Waals surface area contributed by atoms with Gasteiger partial charge in [0, 0.05) is 38.2 Å². The van der Waals surface area contributed by atoms with Gasteiger partial charge in [0.1, 0.15) is 0 Å². The Morgan fingerprint density at radius 2 is 1.74 bits per heavy atom. The lowest BCUT2D eigenvalue weighted by Gasteiger charge is -2.22. The fourth-order valence-corrected chi connectivity index (χ4v) is 4.45. The summed E-state index contributed by atoms with van der Waals surface area (Å²) >= 11 is 1.39. The van der Waals surface area contributed by atoms with E-state index in [0.717, 1.165) is 22.4 Å². The molecule has 8 heteroatoms. The zero-order valence-corrected chi connectivity index (χ0v) is 20.1. The first-order chi connectivity index (χ1) is 16.7. The minimum Gasteiger partial charge on any atom is -0.383 e. The zero-order valence-electron chi connectivity index (χ0n) is 19.3. The summed E-state index contributed by atoms with van der Waals surface area (Å²) in [5, 5.41) is 9.58. The second-order valence-corrected chi connectivity index (χ2v) is 8.69. The third kappa shape index (κ3) is 5.70. The number of nitrogens with zero attached hydrogens (tertiary/aromatic N) is 5. The largest absolute Gasteiger partial charge is 0.383 e. The number of pyridine rings is 1. The molecule has 174 valence electrons. The van der Waals surface area contributed by atoms with Crippen molar-refractivity contribution >= 4 is 17.7 Å². The Morgan fingerprint density at radius 1 is 1.00 bits per heavy atom. The van der Waals surface area contributed by atoms with Gasteiger partial charge in [0.2, 0.25) is 5.91 Å². The summed E-state index contributed by atoms with van der Waals surface area (Å²) in [4.78, 5) is 19.1. The van der Waals surface area contributed by atoms with Gasteiger partial charge in [-0.05, 0) is 36.2 Å². The summed E-state index contributed by atoms with van der Waals surface area (Å²) in [6, 6.07) is 21.9. The maximum atomic E-state index is 13.2. The molecule has 0 unspecified atom stereocenters. The zero-order chi connectivity index (χ0) is 23.8. The fraction of sp³-hybridized carbons (Fsp3) is 0.231. The van der Waals surface area contributed by atoms with Crippen LogP contribution in [-0.4, -0.2) is 56.6 Å². The molecule has 4 aromatic rings. The number of rotatable bonds is 10. The smallest absolute Gasteiger partial charge is 0.233 e. The Kier molecular flexibility index (Phi) is 8.06. The Labute approximate surface area is 203 Å². The molecular formula is C26H27N5O2S. The summed E-state index contributed by atoms with van der Waals surface area (Å²) in [6.07, 6.45) is 3.47. The van der Waals surface area contributed by atoms with E-state index in [1.807, 2.05) is 70.1 Å². The Morgan fingerprint density at radius 3 is 2.47 bits per heavy atom. The normalized spacial score (nSPS) is 10.9. The second kappa shape index (κ2) is 11.6. The van der Waals surface area contributed by atoms with E-state index >= 15 is 0 Å². The minimum atomic E-state index is 0.0238. The van der Waals surface area contributed by atoms with Crippen LogP contribution in [0.5, 0.6) is 0 Å². The third-order valence-corrected chi connectivity index (χ3v) is 6.30. The number of hydrogen-bond donors (Lipinski definition) is 0. The number of thioether (sulfide) groups is 1. The molecular weight excluding hydrogens is 446 g/mol. The van der Waals surface area contributed by atoms with Crippen molar-refractivity contribution in [3.8, 4) is 17.1 Å². The lowest BCUT2D eigenvalue weighted by Crippen LogP contribution is -2.34. The number of hydrogen-bond acceptors (Lipinski definition) is 6. The molecule has 0 aliphatic carbocycles. The van der Waals surface area contributed by atoms with Gasteiger partial charge in [0.05, 0.1) is 18.0 Å². The predicted octanol–water partition coefficient (Wildman–Crippen LogP) is 4.41. The molecule has 34 heavy (non-hydrogen) atoms. The highest BCUT2D eigenvalue weighted by Gasteiger charge is 2.20. The van der Waals surface area contributed by atoms with Crippen molar-refractivity contribution < 1.29 is 9.53 Å². The quantitative estimate of drug-likeness (QED) is 0.318. The molecule has 0 spiro atoms. The van der Waals surface area contributed by atoms with Gasteiger partial charge in [0.15, 0.2) is 11.0 Å². The molecule has 0 N–H and O–H groups in total. The van der Waals surface area contributed by atoms with Gasteiger partial charge < -0.3 is 9.64 Å². The van der Waals surface area contributed by atoms with E-state index in [1.165, 1.54) is 11.8 Å². The van der Waals surface area contributed by atoms with Gasteiger partial charge >= 0.3 is 0 Å². The first-order valence-corrected chi connectivity index (χ1v) is 12.0. The van der Waals surface area contributed by atoms with Crippen molar-refractivity contribution in [2.45, 2.75) is 18.6 Å². The van der Waals surface area contributed by atoms with Crippen LogP contribution in [0, 0.1) is 6.92 Å². The average Bonchev–Trinajstić information content (AvgIpc) is 3.30.